The molecule has 1 heterocycles. The van der Waals surface area contributed by atoms with Crippen molar-refractivity contribution in [1.29, 1.82) is 0 Å². The number of oxazole rings is 1. The highest BCUT2D eigenvalue weighted by Crippen LogP contribution is 2.29. The van der Waals surface area contributed by atoms with Crippen LogP contribution in [0.15, 0.2) is 16.5 Å². The third-order valence-corrected chi connectivity index (χ3v) is 1.79. The maximum absolute atomic E-state index is 9.49. The van der Waals surface area contributed by atoms with Gasteiger partial charge in [-0.1, -0.05) is 0 Å². The van der Waals surface area contributed by atoms with Gasteiger partial charge < -0.3 is 14.3 Å². The van der Waals surface area contributed by atoms with Crippen molar-refractivity contribution in [2.75, 3.05) is 7.11 Å². The Morgan fingerprint density at radius 1 is 1.46 bits per heavy atom. The number of aromatic hydroxyl groups is 1. The Hall–Kier alpha value is -1.71. The number of methoxy groups -OCH3 is 1. The van der Waals surface area contributed by atoms with E-state index in [9.17, 15) is 5.11 Å². The van der Waals surface area contributed by atoms with E-state index in [1.807, 2.05) is 0 Å². The van der Waals surface area contributed by atoms with Gasteiger partial charge in [-0.25, -0.2) is 4.98 Å². The molecule has 68 valence electrons. The Bertz CT molecular complexity index is 447. The van der Waals surface area contributed by atoms with Gasteiger partial charge in [0.05, 0.1) is 7.11 Å². The van der Waals surface area contributed by atoms with Crippen molar-refractivity contribution in [3.63, 3.8) is 0 Å². The SMILES string of the molecule is COc1cc(O)c2nc(C)oc2c1. The summed E-state index contributed by atoms with van der Waals surface area (Å²) in [6, 6.07) is 3.19. The molecule has 0 aliphatic heterocycles. The number of benzene rings is 1. The van der Waals surface area contributed by atoms with E-state index in [-0.39, 0.29) is 5.75 Å². The third-order valence-electron chi connectivity index (χ3n) is 1.79. The van der Waals surface area contributed by atoms with Crippen molar-refractivity contribution in [3.05, 3.63) is 18.0 Å². The minimum Gasteiger partial charge on any atom is -0.505 e. The molecule has 13 heavy (non-hydrogen) atoms. The first kappa shape index (κ1) is 7.91. The van der Waals surface area contributed by atoms with Crippen LogP contribution in [-0.2, 0) is 0 Å². The van der Waals surface area contributed by atoms with Crippen molar-refractivity contribution in [2.45, 2.75) is 6.92 Å². The highest BCUT2D eigenvalue weighted by molar-refractivity contribution is 5.81. The van der Waals surface area contributed by atoms with Gasteiger partial charge in [0.2, 0.25) is 0 Å². The third kappa shape index (κ3) is 1.20. The van der Waals surface area contributed by atoms with E-state index >= 15 is 0 Å². The number of hydrogen-bond acceptors (Lipinski definition) is 4. The molecule has 0 bridgehead atoms. The molecule has 0 fully saturated rings. The van der Waals surface area contributed by atoms with Gasteiger partial charge in [-0.2, -0.15) is 0 Å². The number of nitrogens with zero attached hydrogens (tertiary/aromatic N) is 1. The number of ether oxygens (including phenoxy) is 1. The lowest BCUT2D eigenvalue weighted by Crippen LogP contribution is -1.81. The minimum absolute atomic E-state index is 0.0752. The molecule has 1 aromatic heterocycles. The molecule has 2 rings (SSSR count). The predicted octanol–water partition coefficient (Wildman–Crippen LogP) is 1.85. The van der Waals surface area contributed by atoms with Gasteiger partial charge in [-0.15, -0.1) is 0 Å². The fraction of sp³-hybridized carbons (Fsp3) is 0.222. The molecule has 0 aliphatic rings. The van der Waals surface area contributed by atoms with Crippen LogP contribution in [0.2, 0.25) is 0 Å². The molecule has 4 nitrogen and oxygen atoms in total. The Kier molecular flexibility index (Phi) is 1.62. The second-order valence-electron chi connectivity index (χ2n) is 2.73. The summed E-state index contributed by atoms with van der Waals surface area (Å²) in [6.45, 7) is 1.73. The van der Waals surface area contributed by atoms with Gasteiger partial charge in [0.25, 0.3) is 0 Å². The summed E-state index contributed by atoms with van der Waals surface area (Å²) in [7, 11) is 1.53. The first-order valence-electron chi connectivity index (χ1n) is 3.85. The van der Waals surface area contributed by atoms with Crippen LogP contribution in [0.3, 0.4) is 0 Å². The summed E-state index contributed by atoms with van der Waals surface area (Å²) in [5, 5.41) is 9.49. The molecule has 0 saturated carbocycles. The monoisotopic (exact) mass is 179 g/mol. The number of phenols is 1. The summed E-state index contributed by atoms with van der Waals surface area (Å²) >= 11 is 0. The quantitative estimate of drug-likeness (QED) is 0.725. The highest BCUT2D eigenvalue weighted by Gasteiger charge is 2.08. The number of aryl methyl sites for hydroxylation is 1. The van der Waals surface area contributed by atoms with E-state index in [0.717, 1.165) is 0 Å². The first-order valence-corrected chi connectivity index (χ1v) is 3.85. The number of fused-ring (bicyclic) bond motifs is 1. The Labute approximate surface area is 74.8 Å². The standard InChI is InChI=1S/C9H9NO3/c1-5-10-9-7(11)3-6(12-2)4-8(9)13-5/h3-4,11H,1-2H3. The van der Waals surface area contributed by atoms with Crippen LogP contribution in [0.4, 0.5) is 0 Å². The van der Waals surface area contributed by atoms with Crippen molar-refractivity contribution in [2.24, 2.45) is 0 Å². The van der Waals surface area contributed by atoms with Gasteiger partial charge in [0.1, 0.15) is 11.5 Å². The van der Waals surface area contributed by atoms with Crippen LogP contribution in [0.1, 0.15) is 5.89 Å². The molecule has 0 amide bonds. The zero-order chi connectivity index (χ0) is 9.42. The van der Waals surface area contributed by atoms with Crippen LogP contribution in [0.5, 0.6) is 11.5 Å². The number of aromatic nitrogens is 1. The van der Waals surface area contributed by atoms with Crippen molar-refractivity contribution in [1.82, 2.24) is 4.98 Å². The molecular weight excluding hydrogens is 170 g/mol. The van der Waals surface area contributed by atoms with E-state index in [0.29, 0.717) is 22.7 Å². The summed E-state index contributed by atoms with van der Waals surface area (Å²) in [5.74, 6) is 1.16. The van der Waals surface area contributed by atoms with E-state index in [2.05, 4.69) is 4.98 Å². The van der Waals surface area contributed by atoms with Gasteiger partial charge >= 0.3 is 0 Å². The lowest BCUT2D eigenvalue weighted by Gasteiger charge is -1.98. The molecule has 1 N–H and O–H groups in total. The van der Waals surface area contributed by atoms with Gasteiger partial charge in [-0.05, 0) is 0 Å². The zero-order valence-corrected chi connectivity index (χ0v) is 7.37. The Morgan fingerprint density at radius 3 is 2.92 bits per heavy atom. The van der Waals surface area contributed by atoms with Crippen LogP contribution in [0.25, 0.3) is 11.1 Å². The second-order valence-corrected chi connectivity index (χ2v) is 2.73. The average molecular weight is 179 g/mol. The number of phenolic OH excluding ortho intramolecular Hbond substituents is 1. The lowest BCUT2D eigenvalue weighted by molar-refractivity contribution is 0.408. The summed E-state index contributed by atoms with van der Waals surface area (Å²) in [5.41, 5.74) is 1.01. The topological polar surface area (TPSA) is 55.5 Å². The Morgan fingerprint density at radius 2 is 2.23 bits per heavy atom. The molecular formula is C9H9NO3. The molecule has 0 unspecified atom stereocenters. The Balaban J connectivity index is 2.75. The van der Waals surface area contributed by atoms with Crippen LogP contribution in [-0.4, -0.2) is 17.2 Å². The maximum Gasteiger partial charge on any atom is 0.192 e. The molecule has 0 radical (unpaired) electrons. The second kappa shape index (κ2) is 2.65. The fourth-order valence-electron chi connectivity index (χ4n) is 1.22. The smallest absolute Gasteiger partial charge is 0.192 e. The summed E-state index contributed by atoms with van der Waals surface area (Å²) in [6.07, 6.45) is 0. The van der Waals surface area contributed by atoms with Crippen molar-refractivity contribution < 1.29 is 14.3 Å². The van der Waals surface area contributed by atoms with Gasteiger partial charge in [0.15, 0.2) is 17.0 Å². The van der Waals surface area contributed by atoms with Crippen LogP contribution < -0.4 is 4.74 Å². The molecule has 1 aromatic carbocycles. The fourth-order valence-corrected chi connectivity index (χ4v) is 1.22. The summed E-state index contributed by atoms with van der Waals surface area (Å²) in [4.78, 5) is 4.02. The minimum atomic E-state index is 0.0752. The van der Waals surface area contributed by atoms with Gasteiger partial charge in [-0.3, -0.25) is 0 Å². The van der Waals surface area contributed by atoms with Gasteiger partial charge in [0, 0.05) is 19.1 Å². The van der Waals surface area contributed by atoms with E-state index in [1.165, 1.54) is 13.2 Å². The molecule has 4 heteroatoms. The molecule has 0 atom stereocenters. The molecule has 0 saturated heterocycles. The zero-order valence-electron chi connectivity index (χ0n) is 7.37. The van der Waals surface area contributed by atoms with E-state index in [4.69, 9.17) is 9.15 Å². The normalized spacial score (nSPS) is 10.6. The lowest BCUT2D eigenvalue weighted by atomic mass is 10.3. The largest absolute Gasteiger partial charge is 0.505 e. The summed E-state index contributed by atoms with van der Waals surface area (Å²) < 4.78 is 10.2. The molecule has 0 spiro atoms. The number of hydrogen-bond donors (Lipinski definition) is 1. The van der Waals surface area contributed by atoms with Crippen LogP contribution in [0, 0.1) is 6.92 Å². The van der Waals surface area contributed by atoms with E-state index < -0.39 is 0 Å². The van der Waals surface area contributed by atoms with Crippen molar-refractivity contribution >= 4 is 11.1 Å². The number of rotatable bonds is 1. The van der Waals surface area contributed by atoms with Crippen LogP contribution >= 0.6 is 0 Å². The van der Waals surface area contributed by atoms with Crippen molar-refractivity contribution in [3.8, 4) is 11.5 Å². The highest BCUT2D eigenvalue weighted by atomic mass is 16.5. The first-order chi connectivity index (χ1) is 6.20. The molecule has 2 aromatic rings. The predicted molar refractivity (Wildman–Crippen MR) is 47.0 cm³/mol. The molecule has 0 aliphatic carbocycles. The maximum atomic E-state index is 9.49. The van der Waals surface area contributed by atoms with E-state index in [1.54, 1.807) is 13.0 Å². The average Bonchev–Trinajstić information content (AvgIpc) is 2.46.